The van der Waals surface area contributed by atoms with Crippen LogP contribution in [-0.2, 0) is 56.8 Å². The number of fused-ring (bicyclic) bond motifs is 7. The third kappa shape index (κ3) is 12.2. The van der Waals surface area contributed by atoms with Gasteiger partial charge in [0.1, 0.15) is 116 Å². The van der Waals surface area contributed by atoms with E-state index in [2.05, 4.69) is 20.8 Å². The SMILES string of the molecule is CO[C@]1(CC[C@@H](C)CO[C@@H]2O[C@H](CO)[C@@H](O)[C@H](O)[C@H]2O)O[C@H]2C[C@H]3[C@@H]4CC[C@H]5C[C@@H](O[C@@H]6O[C@H](CO)[C@H](O[C@@H]7O[C@H](CO)[C@@H](O)[C@H](O[C@@H]8OC[C@@H](O)[C@H](O)[C@H]8O)[C@H]7O[C@@H]7O[C@H](CO)[C@@H](O)[C@H](O)[C@H]7O)[C@H](O)[C@H]6O)[C@H](O)C[C@]5(C)[C@H]4CC[C@]3(C)[C@H]2[C@@H]1C. The summed E-state index contributed by atoms with van der Waals surface area (Å²) >= 11 is 0. The minimum atomic E-state index is -2.04. The van der Waals surface area contributed by atoms with Gasteiger partial charge in [0.15, 0.2) is 37.2 Å². The van der Waals surface area contributed by atoms with Crippen LogP contribution in [0.5, 0.6) is 0 Å². The molecule has 10 aliphatic rings. The quantitative estimate of drug-likeness (QED) is 0.0536. The van der Waals surface area contributed by atoms with Crippen LogP contribution in [0, 0.1) is 52.3 Å². The fourth-order valence-corrected chi connectivity index (χ4v) is 17.2. The molecule has 0 amide bonds. The lowest BCUT2D eigenvalue weighted by Gasteiger charge is -2.62. The molecule has 6 saturated heterocycles. The molecule has 6 aliphatic heterocycles. The standard InChI is InChI=1S/C57H96O29/c1-21(19-76-50-44(72)40(68)37(65)31(15-58)79-50)8-11-57(75-5)22(2)35-30(86-57)13-26-24-7-6-23-12-29(27(62)14-56(23,4)25(24)9-10-55(26,35)3)78-52-46(74)42(70)47(34(18-61)82-52)83-54-49(85-53-45(73)41(69)38(66)32(16-59)80-53)48(39(67)33(17-60)81-54)84-51-43(71)36(64)28(63)20-77-51/h21-54,58-74H,6-20H2,1-5H3/t21-,22+,23+,24-,25+,26+,27-,28-,29-,30+,31-,32-,33-,34-,35+,36+,37-,38-,39-,40+,41+,42-,43-,44-,45-,46-,47+,48+,49-,50-,51+,52-,53+,54+,55+,56+,57-/m1/s1. The van der Waals surface area contributed by atoms with Gasteiger partial charge in [-0.25, -0.2) is 0 Å². The monoisotopic (exact) mass is 1240 g/mol. The Morgan fingerprint density at radius 2 is 1.08 bits per heavy atom. The van der Waals surface area contributed by atoms with Gasteiger partial charge in [-0.3, -0.25) is 0 Å². The first-order valence-corrected chi connectivity index (χ1v) is 30.8. The highest BCUT2D eigenvalue weighted by atomic mass is 16.8. The van der Waals surface area contributed by atoms with Crippen LogP contribution in [0.15, 0.2) is 0 Å². The molecule has 0 aromatic heterocycles. The van der Waals surface area contributed by atoms with Crippen molar-refractivity contribution in [1.29, 1.82) is 0 Å². The van der Waals surface area contributed by atoms with Crippen LogP contribution in [-0.4, -0.2) is 305 Å². The molecule has 17 N–H and O–H groups in total. The number of methoxy groups -OCH3 is 1. The molecule has 498 valence electrons. The predicted octanol–water partition coefficient (Wildman–Crippen LogP) is -5.87. The van der Waals surface area contributed by atoms with Gasteiger partial charge in [-0.1, -0.05) is 27.7 Å². The molecule has 10 rings (SSSR count). The summed E-state index contributed by atoms with van der Waals surface area (Å²) in [6, 6.07) is 0. The Hall–Kier alpha value is -1.16. The lowest BCUT2D eigenvalue weighted by molar-refractivity contribution is -0.404. The molecule has 0 radical (unpaired) electrons. The van der Waals surface area contributed by atoms with Gasteiger partial charge in [0.25, 0.3) is 0 Å². The minimum absolute atomic E-state index is 0.0314. The van der Waals surface area contributed by atoms with Crippen LogP contribution < -0.4 is 0 Å². The van der Waals surface area contributed by atoms with E-state index in [9.17, 15) is 86.8 Å². The summed E-state index contributed by atoms with van der Waals surface area (Å²) in [7, 11) is 1.69. The number of hydrogen-bond acceptors (Lipinski definition) is 29. The maximum atomic E-state index is 12.1. The molecule has 0 unspecified atom stereocenters. The van der Waals surface area contributed by atoms with Gasteiger partial charge < -0.3 is 144 Å². The van der Waals surface area contributed by atoms with Crippen molar-refractivity contribution in [3.05, 3.63) is 0 Å². The first-order valence-electron chi connectivity index (χ1n) is 30.8. The average Bonchev–Trinajstić information content (AvgIpc) is 1.60. The summed E-state index contributed by atoms with van der Waals surface area (Å²) in [5, 5.41) is 182. The number of ether oxygens (including phenoxy) is 12. The van der Waals surface area contributed by atoms with Gasteiger partial charge in [0.05, 0.1) is 58.0 Å². The molecule has 29 heteroatoms. The van der Waals surface area contributed by atoms with Gasteiger partial charge in [-0.05, 0) is 97.7 Å². The van der Waals surface area contributed by atoms with E-state index in [1.165, 1.54) is 0 Å². The van der Waals surface area contributed by atoms with Crippen molar-refractivity contribution in [1.82, 2.24) is 0 Å². The molecule has 0 bridgehead atoms. The lowest BCUT2D eigenvalue weighted by atomic mass is 9.44. The van der Waals surface area contributed by atoms with Crippen molar-refractivity contribution < 1.29 is 144 Å². The number of aliphatic hydroxyl groups is 17. The second kappa shape index (κ2) is 27.1. The molecule has 86 heavy (non-hydrogen) atoms. The Labute approximate surface area is 498 Å². The van der Waals surface area contributed by atoms with Crippen molar-refractivity contribution >= 4 is 0 Å². The van der Waals surface area contributed by atoms with Gasteiger partial charge in [0, 0.05) is 19.4 Å². The number of hydrogen-bond donors (Lipinski definition) is 17. The van der Waals surface area contributed by atoms with Crippen LogP contribution in [0.2, 0.25) is 0 Å². The summed E-state index contributed by atoms with van der Waals surface area (Å²) in [6.07, 6.45) is -36.5. The smallest absolute Gasteiger partial charge is 0.187 e. The maximum absolute atomic E-state index is 12.1. The molecular formula is C57H96O29. The fraction of sp³-hybridized carbons (Fsp3) is 1.00. The van der Waals surface area contributed by atoms with E-state index in [0.717, 1.165) is 32.1 Å². The van der Waals surface area contributed by atoms with Crippen LogP contribution in [0.3, 0.4) is 0 Å². The van der Waals surface area contributed by atoms with Crippen molar-refractivity contribution in [2.75, 3.05) is 46.8 Å². The highest BCUT2D eigenvalue weighted by molar-refractivity contribution is 5.16. The molecular weight excluding hydrogens is 1150 g/mol. The molecule has 0 aromatic carbocycles. The zero-order chi connectivity index (χ0) is 62.2. The Balaban J connectivity index is 0.776. The first kappa shape index (κ1) is 67.7. The van der Waals surface area contributed by atoms with E-state index in [4.69, 9.17) is 56.8 Å². The highest BCUT2D eigenvalue weighted by Gasteiger charge is 2.69. The highest BCUT2D eigenvalue weighted by Crippen LogP contribution is 2.71. The molecule has 0 spiro atoms. The van der Waals surface area contributed by atoms with Gasteiger partial charge in [0.2, 0.25) is 0 Å². The lowest BCUT2D eigenvalue weighted by Crippen LogP contribution is -2.68. The zero-order valence-corrected chi connectivity index (χ0v) is 49.2. The van der Waals surface area contributed by atoms with Gasteiger partial charge >= 0.3 is 0 Å². The topological polar surface area (TPSA) is 455 Å². The predicted molar refractivity (Wildman–Crippen MR) is 284 cm³/mol. The van der Waals surface area contributed by atoms with Crippen molar-refractivity contribution in [2.24, 2.45) is 52.3 Å². The summed E-state index contributed by atoms with van der Waals surface area (Å²) in [5.41, 5.74) is -0.332. The fourth-order valence-electron chi connectivity index (χ4n) is 17.2. The molecule has 4 saturated carbocycles. The minimum Gasteiger partial charge on any atom is -0.394 e. The number of rotatable bonds is 19. The third-order valence-corrected chi connectivity index (χ3v) is 22.2. The van der Waals surface area contributed by atoms with Crippen molar-refractivity contribution in [3.63, 3.8) is 0 Å². The first-order chi connectivity index (χ1) is 40.8. The maximum Gasteiger partial charge on any atom is 0.187 e. The second-order valence-corrected chi connectivity index (χ2v) is 27.0. The molecule has 0 aromatic rings. The third-order valence-electron chi connectivity index (χ3n) is 22.2. The van der Waals surface area contributed by atoms with E-state index in [1.807, 2.05) is 6.92 Å². The van der Waals surface area contributed by atoms with E-state index in [-0.39, 0.29) is 53.1 Å². The molecule has 10 fully saturated rings. The molecule has 29 nitrogen and oxygen atoms in total. The van der Waals surface area contributed by atoms with Crippen LogP contribution >= 0.6 is 0 Å². The van der Waals surface area contributed by atoms with E-state index >= 15 is 0 Å². The summed E-state index contributed by atoms with van der Waals surface area (Å²) in [6.45, 7) is 5.32. The molecule has 6 heterocycles. The van der Waals surface area contributed by atoms with E-state index in [0.29, 0.717) is 37.5 Å². The van der Waals surface area contributed by atoms with Crippen LogP contribution in [0.4, 0.5) is 0 Å². The van der Waals surface area contributed by atoms with Gasteiger partial charge in [-0.2, -0.15) is 0 Å². The normalized spacial score (nSPS) is 55.3. The Bertz CT molecular complexity index is 2190. The summed E-state index contributed by atoms with van der Waals surface area (Å²) in [4.78, 5) is 0. The van der Waals surface area contributed by atoms with Crippen molar-refractivity contribution in [2.45, 2.75) is 257 Å². The van der Waals surface area contributed by atoms with Crippen LogP contribution in [0.1, 0.15) is 85.5 Å². The largest absolute Gasteiger partial charge is 0.394 e. The van der Waals surface area contributed by atoms with Crippen LogP contribution in [0.25, 0.3) is 0 Å². The molecule has 37 atom stereocenters. The van der Waals surface area contributed by atoms with Gasteiger partial charge in [-0.15, -0.1) is 0 Å². The average molecular weight is 1250 g/mol. The zero-order valence-electron chi connectivity index (χ0n) is 49.2. The van der Waals surface area contributed by atoms with Crippen molar-refractivity contribution in [3.8, 4) is 0 Å². The summed E-state index contributed by atoms with van der Waals surface area (Å²) < 4.78 is 72.4. The second-order valence-electron chi connectivity index (χ2n) is 27.0. The Morgan fingerprint density at radius 3 is 1.73 bits per heavy atom. The summed E-state index contributed by atoms with van der Waals surface area (Å²) in [5.74, 6) is 0.500. The Morgan fingerprint density at radius 1 is 0.523 bits per heavy atom. The van der Waals surface area contributed by atoms with E-state index in [1.54, 1.807) is 7.11 Å². The Kier molecular flexibility index (Phi) is 21.3. The molecule has 4 aliphatic carbocycles. The van der Waals surface area contributed by atoms with E-state index < -0.39 is 198 Å². The number of aliphatic hydroxyl groups excluding tert-OH is 17.